The quantitative estimate of drug-likeness (QED) is 0.446. The van der Waals surface area contributed by atoms with Crippen molar-refractivity contribution in [3.05, 3.63) is 54.4 Å². The summed E-state index contributed by atoms with van der Waals surface area (Å²) < 4.78 is 0. The van der Waals surface area contributed by atoms with Crippen LogP contribution in [0.5, 0.6) is 5.75 Å². The van der Waals surface area contributed by atoms with Crippen LogP contribution in [0.25, 0.3) is 32.9 Å². The number of H-pyrrole nitrogens is 2. The molecule has 0 bridgehead atoms. The van der Waals surface area contributed by atoms with Crippen molar-refractivity contribution in [3.8, 4) is 17.0 Å². The fourth-order valence-electron chi connectivity index (χ4n) is 4.23. The van der Waals surface area contributed by atoms with Gasteiger partial charge in [-0.15, -0.1) is 0 Å². The smallest absolute Gasteiger partial charge is 0.124 e. The van der Waals surface area contributed by atoms with E-state index in [0.29, 0.717) is 0 Å². The fraction of sp³-hybridized carbons (Fsp3) is 0.273. The Kier molecular flexibility index (Phi) is 3.92. The Morgan fingerprint density at radius 3 is 2.85 bits per heavy atom. The van der Waals surface area contributed by atoms with Gasteiger partial charge in [-0.1, -0.05) is 6.07 Å². The molecule has 5 heteroatoms. The minimum atomic E-state index is -0.195. The van der Waals surface area contributed by atoms with E-state index in [4.69, 9.17) is 0 Å². The largest absolute Gasteiger partial charge is 0.507 e. The average molecular weight is 361 g/mol. The molecular formula is C22H23N3O2. The van der Waals surface area contributed by atoms with Crippen LogP contribution < -0.4 is 0 Å². The molecule has 1 aliphatic rings. The highest BCUT2D eigenvalue weighted by atomic mass is 16.3. The maximum Gasteiger partial charge on any atom is 0.124 e. The van der Waals surface area contributed by atoms with Gasteiger partial charge in [0.05, 0.1) is 6.10 Å². The van der Waals surface area contributed by atoms with E-state index in [2.05, 4.69) is 39.1 Å². The molecule has 0 aliphatic carbocycles. The zero-order valence-electron chi connectivity index (χ0n) is 15.1. The first kappa shape index (κ1) is 16.4. The number of phenolic OH excluding ortho intramolecular Hbond substituents is 1. The van der Waals surface area contributed by atoms with Crippen molar-refractivity contribution >= 4 is 21.7 Å². The minimum absolute atomic E-state index is 0.195. The molecule has 5 nitrogen and oxygen atoms in total. The first-order chi connectivity index (χ1) is 13.2. The third-order valence-electron chi connectivity index (χ3n) is 5.58. The van der Waals surface area contributed by atoms with Crippen LogP contribution in [0.15, 0.2) is 48.8 Å². The van der Waals surface area contributed by atoms with Gasteiger partial charge in [0.15, 0.2) is 0 Å². The second kappa shape index (κ2) is 6.44. The number of aromatic hydroxyl groups is 1. The van der Waals surface area contributed by atoms with Crippen LogP contribution in [0.1, 0.15) is 18.4 Å². The van der Waals surface area contributed by atoms with Gasteiger partial charge in [-0.05, 0) is 55.3 Å². The highest BCUT2D eigenvalue weighted by Gasteiger charge is 2.18. The monoisotopic (exact) mass is 361 g/mol. The molecular weight excluding hydrogens is 338 g/mol. The molecule has 3 heterocycles. The predicted octanol–water partition coefficient (Wildman–Crippen LogP) is 3.98. The molecule has 1 saturated heterocycles. The molecule has 4 N–H and O–H groups in total. The lowest BCUT2D eigenvalue weighted by Crippen LogP contribution is -2.37. The van der Waals surface area contributed by atoms with Crippen molar-refractivity contribution in [3.63, 3.8) is 0 Å². The van der Waals surface area contributed by atoms with Gasteiger partial charge in [0.2, 0.25) is 0 Å². The van der Waals surface area contributed by atoms with Gasteiger partial charge in [0, 0.05) is 58.4 Å². The number of likely N-dealkylation sites (tertiary alicyclic amines) is 1. The van der Waals surface area contributed by atoms with Crippen LogP contribution in [0, 0.1) is 0 Å². The molecule has 1 atom stereocenters. The van der Waals surface area contributed by atoms with Crippen LogP contribution in [0.3, 0.4) is 0 Å². The van der Waals surface area contributed by atoms with Gasteiger partial charge in [-0.2, -0.15) is 0 Å². The Balaban J connectivity index is 1.48. The molecule has 5 rings (SSSR count). The van der Waals surface area contributed by atoms with E-state index >= 15 is 0 Å². The molecule has 0 radical (unpaired) electrons. The lowest BCUT2D eigenvalue weighted by Gasteiger charge is -2.29. The Morgan fingerprint density at radius 2 is 1.96 bits per heavy atom. The summed E-state index contributed by atoms with van der Waals surface area (Å²) in [7, 11) is 0. The molecule has 4 aromatic rings. The molecule has 2 aromatic heterocycles. The molecule has 1 aliphatic heterocycles. The van der Waals surface area contributed by atoms with Gasteiger partial charge in [-0.3, -0.25) is 4.90 Å². The molecule has 0 spiro atoms. The summed E-state index contributed by atoms with van der Waals surface area (Å²) in [6.45, 7) is 2.68. The number of aromatic amines is 2. The van der Waals surface area contributed by atoms with Crippen LogP contribution >= 0.6 is 0 Å². The van der Waals surface area contributed by atoms with Crippen LogP contribution in [-0.2, 0) is 6.54 Å². The Labute approximate surface area is 157 Å². The lowest BCUT2D eigenvalue weighted by molar-refractivity contribution is 0.0668. The number of rotatable bonds is 3. The zero-order chi connectivity index (χ0) is 18.4. The van der Waals surface area contributed by atoms with Crippen molar-refractivity contribution in [2.45, 2.75) is 25.5 Å². The number of β-amino-alcohol motifs (C(OH)–C–C–N with tert-alkyl or cyclic N) is 1. The SMILES string of the molecule is Oc1ccc(-c2cc3cc(CN4CCCC(O)C4)ccc3[nH]2)c2c[nH]cc12. The average Bonchev–Trinajstić information content (AvgIpc) is 3.29. The number of fused-ring (bicyclic) bond motifs is 2. The van der Waals surface area contributed by atoms with E-state index < -0.39 is 0 Å². The Bertz CT molecular complexity index is 1110. The Morgan fingerprint density at radius 1 is 1.07 bits per heavy atom. The van der Waals surface area contributed by atoms with Gasteiger partial charge in [-0.25, -0.2) is 0 Å². The summed E-state index contributed by atoms with van der Waals surface area (Å²) >= 11 is 0. The number of phenols is 1. The number of piperidine rings is 1. The van der Waals surface area contributed by atoms with Gasteiger partial charge >= 0.3 is 0 Å². The summed E-state index contributed by atoms with van der Waals surface area (Å²) in [5.74, 6) is 0.289. The molecule has 27 heavy (non-hydrogen) atoms. The van der Waals surface area contributed by atoms with E-state index in [-0.39, 0.29) is 11.9 Å². The molecule has 138 valence electrons. The van der Waals surface area contributed by atoms with Crippen LogP contribution in [-0.4, -0.2) is 44.3 Å². The highest BCUT2D eigenvalue weighted by molar-refractivity contribution is 6.01. The van der Waals surface area contributed by atoms with E-state index in [1.54, 1.807) is 6.07 Å². The van der Waals surface area contributed by atoms with E-state index in [1.165, 1.54) is 10.9 Å². The topological polar surface area (TPSA) is 75.3 Å². The van der Waals surface area contributed by atoms with Crippen LogP contribution in [0.2, 0.25) is 0 Å². The molecule has 2 aromatic carbocycles. The molecule has 1 unspecified atom stereocenters. The molecule has 0 amide bonds. The maximum atomic E-state index is 10.0. The zero-order valence-corrected chi connectivity index (χ0v) is 15.1. The van der Waals surface area contributed by atoms with Crippen molar-refractivity contribution in [1.82, 2.24) is 14.9 Å². The summed E-state index contributed by atoms with van der Waals surface area (Å²) in [5.41, 5.74) is 4.48. The summed E-state index contributed by atoms with van der Waals surface area (Å²) in [4.78, 5) is 8.91. The first-order valence-corrected chi connectivity index (χ1v) is 9.48. The first-order valence-electron chi connectivity index (χ1n) is 9.48. The Hall–Kier alpha value is -2.76. The summed E-state index contributed by atoms with van der Waals surface area (Å²) in [6, 6.07) is 12.4. The summed E-state index contributed by atoms with van der Waals surface area (Å²) in [5, 5.41) is 22.9. The summed E-state index contributed by atoms with van der Waals surface area (Å²) in [6.07, 6.45) is 5.52. The third-order valence-corrected chi connectivity index (χ3v) is 5.58. The maximum absolute atomic E-state index is 10.0. The van der Waals surface area contributed by atoms with E-state index in [0.717, 1.165) is 60.0 Å². The number of aliphatic hydroxyl groups excluding tert-OH is 1. The number of hydrogen-bond donors (Lipinski definition) is 4. The van der Waals surface area contributed by atoms with Gasteiger partial charge in [0.25, 0.3) is 0 Å². The van der Waals surface area contributed by atoms with Gasteiger partial charge in [0.1, 0.15) is 5.75 Å². The fourth-order valence-corrected chi connectivity index (χ4v) is 4.23. The highest BCUT2D eigenvalue weighted by Crippen LogP contribution is 2.35. The normalized spacial score (nSPS) is 18.5. The van der Waals surface area contributed by atoms with Crippen molar-refractivity contribution in [2.75, 3.05) is 13.1 Å². The number of benzene rings is 2. The van der Waals surface area contributed by atoms with Crippen molar-refractivity contribution in [2.24, 2.45) is 0 Å². The standard InChI is InChI=1S/C22H23N3O2/c26-16-2-1-7-25(13-16)12-14-3-5-20-15(8-14)9-21(24-20)17-4-6-22(27)19-11-23-10-18(17)19/h3-6,8-11,16,23-24,26-27H,1-2,7,12-13H2. The number of nitrogens with one attached hydrogen (secondary N) is 2. The number of hydrogen-bond acceptors (Lipinski definition) is 3. The second-order valence-corrected chi connectivity index (χ2v) is 7.55. The number of aliphatic hydroxyl groups is 1. The van der Waals surface area contributed by atoms with E-state index in [1.807, 2.05) is 18.5 Å². The number of nitrogens with zero attached hydrogens (tertiary/aromatic N) is 1. The minimum Gasteiger partial charge on any atom is -0.507 e. The van der Waals surface area contributed by atoms with Crippen molar-refractivity contribution < 1.29 is 10.2 Å². The van der Waals surface area contributed by atoms with E-state index in [9.17, 15) is 10.2 Å². The molecule has 1 fully saturated rings. The van der Waals surface area contributed by atoms with Crippen LogP contribution in [0.4, 0.5) is 0 Å². The van der Waals surface area contributed by atoms with Crippen molar-refractivity contribution in [1.29, 1.82) is 0 Å². The third kappa shape index (κ3) is 2.99. The molecule has 0 saturated carbocycles. The number of aromatic nitrogens is 2. The van der Waals surface area contributed by atoms with Gasteiger partial charge < -0.3 is 20.2 Å². The second-order valence-electron chi connectivity index (χ2n) is 7.55. The predicted molar refractivity (Wildman–Crippen MR) is 108 cm³/mol. The lowest BCUT2D eigenvalue weighted by atomic mass is 10.0.